The number of benzene rings is 1. The molecule has 2 aliphatic rings. The number of ether oxygens (including phenoxy) is 1. The minimum absolute atomic E-state index is 0.0172. The van der Waals surface area contributed by atoms with Gasteiger partial charge in [-0.3, -0.25) is 0 Å². The highest BCUT2D eigenvalue weighted by atomic mass is 16.5. The van der Waals surface area contributed by atoms with Gasteiger partial charge in [-0.05, 0) is 38.1 Å². The van der Waals surface area contributed by atoms with Gasteiger partial charge in [0.05, 0.1) is 5.56 Å². The van der Waals surface area contributed by atoms with Crippen LogP contribution in [-0.2, 0) is 4.74 Å². The van der Waals surface area contributed by atoms with Crippen LogP contribution in [0.15, 0.2) is 24.3 Å². The van der Waals surface area contributed by atoms with Crippen molar-refractivity contribution in [2.45, 2.75) is 43.9 Å². The van der Waals surface area contributed by atoms with Crippen LogP contribution in [0.4, 0.5) is 0 Å². The highest BCUT2D eigenvalue weighted by Gasteiger charge is 2.39. The summed E-state index contributed by atoms with van der Waals surface area (Å²) in [6.45, 7) is 0. The molecular formula is C15H19NO3. The summed E-state index contributed by atoms with van der Waals surface area (Å²) in [7, 11) is 2.16. The summed E-state index contributed by atoms with van der Waals surface area (Å²) in [5.74, 6) is -0.234. The van der Waals surface area contributed by atoms with Crippen molar-refractivity contribution in [2.24, 2.45) is 0 Å². The van der Waals surface area contributed by atoms with Crippen LogP contribution in [0.5, 0.6) is 5.75 Å². The first-order chi connectivity index (χ1) is 9.13. The fraction of sp³-hybridized carbons (Fsp3) is 0.533. The van der Waals surface area contributed by atoms with Crippen molar-refractivity contribution in [2.75, 3.05) is 7.05 Å². The molecule has 1 N–H and O–H groups in total. The average molecular weight is 261 g/mol. The van der Waals surface area contributed by atoms with Crippen molar-refractivity contribution in [1.29, 1.82) is 0 Å². The maximum Gasteiger partial charge on any atom is 0.338 e. The van der Waals surface area contributed by atoms with Crippen molar-refractivity contribution < 1.29 is 14.6 Å². The summed E-state index contributed by atoms with van der Waals surface area (Å²) in [6, 6.07) is 7.44. The Morgan fingerprint density at radius 1 is 1.32 bits per heavy atom. The van der Waals surface area contributed by atoms with Crippen LogP contribution in [0.2, 0.25) is 0 Å². The molecule has 2 saturated heterocycles. The van der Waals surface area contributed by atoms with Gasteiger partial charge >= 0.3 is 5.97 Å². The zero-order valence-corrected chi connectivity index (χ0v) is 11.1. The van der Waals surface area contributed by atoms with Crippen LogP contribution in [0.1, 0.15) is 36.0 Å². The number of carbonyl (C=O) groups is 1. The first kappa shape index (κ1) is 12.5. The summed E-state index contributed by atoms with van der Waals surface area (Å²) in [6.07, 6.45) is 4.29. The van der Waals surface area contributed by atoms with Crippen molar-refractivity contribution in [3.8, 4) is 5.75 Å². The Morgan fingerprint density at radius 2 is 2.00 bits per heavy atom. The van der Waals surface area contributed by atoms with Crippen LogP contribution in [0, 0.1) is 0 Å². The molecule has 0 saturated carbocycles. The van der Waals surface area contributed by atoms with Crippen molar-refractivity contribution in [3.05, 3.63) is 29.8 Å². The van der Waals surface area contributed by atoms with Gasteiger partial charge in [0, 0.05) is 24.9 Å². The Morgan fingerprint density at radius 3 is 2.63 bits per heavy atom. The first-order valence-corrected chi connectivity index (χ1v) is 6.85. The van der Waals surface area contributed by atoms with Gasteiger partial charge in [-0.25, -0.2) is 4.79 Å². The van der Waals surface area contributed by atoms with Crippen molar-refractivity contribution in [3.63, 3.8) is 0 Å². The molecule has 19 heavy (non-hydrogen) atoms. The number of rotatable bonds is 2. The fourth-order valence-corrected chi connectivity index (χ4v) is 3.31. The molecule has 2 aliphatic heterocycles. The zero-order valence-electron chi connectivity index (χ0n) is 11.1. The average Bonchev–Trinajstić information content (AvgIpc) is 2.62. The summed E-state index contributed by atoms with van der Waals surface area (Å²) in [5, 5.41) is 9.38. The van der Waals surface area contributed by atoms with Crippen LogP contribution >= 0.6 is 0 Å². The van der Waals surface area contributed by atoms with E-state index in [2.05, 4.69) is 11.9 Å². The number of phenolic OH excluding ortho intramolecular Hbond substituents is 1. The number of fused-ring (bicyclic) bond motifs is 2. The molecule has 0 aromatic heterocycles. The third kappa shape index (κ3) is 2.45. The van der Waals surface area contributed by atoms with E-state index < -0.39 is 0 Å². The number of carbonyl (C=O) groups excluding carboxylic acids is 1. The lowest BCUT2D eigenvalue weighted by Crippen LogP contribution is -2.43. The summed E-state index contributed by atoms with van der Waals surface area (Å²) in [4.78, 5) is 14.4. The van der Waals surface area contributed by atoms with Gasteiger partial charge < -0.3 is 14.7 Å². The van der Waals surface area contributed by atoms with E-state index in [9.17, 15) is 9.90 Å². The van der Waals surface area contributed by atoms with E-state index in [4.69, 9.17) is 4.74 Å². The molecule has 3 atom stereocenters. The molecule has 1 aromatic carbocycles. The molecule has 0 aliphatic carbocycles. The van der Waals surface area contributed by atoms with Gasteiger partial charge in [-0.2, -0.15) is 0 Å². The quantitative estimate of drug-likeness (QED) is 0.829. The SMILES string of the molecule is CN1[C@@H]2CC[C@H]1CC(OC(=O)c1cccc(O)c1)C2. The maximum absolute atomic E-state index is 12.0. The lowest BCUT2D eigenvalue weighted by Gasteiger charge is -2.35. The highest BCUT2D eigenvalue weighted by Crippen LogP contribution is 2.35. The molecule has 1 aromatic rings. The fourth-order valence-electron chi connectivity index (χ4n) is 3.31. The molecule has 102 valence electrons. The minimum Gasteiger partial charge on any atom is -0.508 e. The van der Waals surface area contributed by atoms with Gasteiger partial charge in [0.25, 0.3) is 0 Å². The van der Waals surface area contributed by atoms with Gasteiger partial charge in [0.15, 0.2) is 0 Å². The number of piperidine rings is 1. The molecule has 2 heterocycles. The number of aromatic hydroxyl groups is 1. The Labute approximate surface area is 113 Å². The molecule has 4 heteroatoms. The van der Waals surface area contributed by atoms with Crippen LogP contribution in [0.25, 0.3) is 0 Å². The van der Waals surface area contributed by atoms with E-state index >= 15 is 0 Å². The van der Waals surface area contributed by atoms with Crippen molar-refractivity contribution in [1.82, 2.24) is 4.90 Å². The van der Waals surface area contributed by atoms with E-state index in [0.717, 1.165) is 12.8 Å². The molecule has 0 spiro atoms. The number of hydrogen-bond donors (Lipinski definition) is 1. The van der Waals surface area contributed by atoms with E-state index in [1.807, 2.05) is 0 Å². The zero-order chi connectivity index (χ0) is 13.4. The van der Waals surface area contributed by atoms with Crippen LogP contribution in [0.3, 0.4) is 0 Å². The molecule has 2 fully saturated rings. The minimum atomic E-state index is -0.329. The largest absolute Gasteiger partial charge is 0.508 e. The smallest absolute Gasteiger partial charge is 0.338 e. The molecule has 0 amide bonds. The highest BCUT2D eigenvalue weighted by molar-refractivity contribution is 5.89. The monoisotopic (exact) mass is 261 g/mol. The van der Waals surface area contributed by atoms with Crippen LogP contribution < -0.4 is 0 Å². The predicted molar refractivity (Wildman–Crippen MR) is 71.1 cm³/mol. The molecule has 1 unspecified atom stereocenters. The molecule has 0 radical (unpaired) electrons. The third-order valence-electron chi connectivity index (χ3n) is 4.41. The second kappa shape index (κ2) is 4.85. The van der Waals surface area contributed by atoms with Crippen molar-refractivity contribution >= 4 is 5.97 Å². The summed E-state index contributed by atoms with van der Waals surface area (Å²) < 4.78 is 5.58. The third-order valence-corrected chi connectivity index (χ3v) is 4.41. The van der Waals surface area contributed by atoms with Gasteiger partial charge in [0.1, 0.15) is 11.9 Å². The summed E-state index contributed by atoms with van der Waals surface area (Å²) >= 11 is 0. The number of nitrogens with zero attached hydrogens (tertiary/aromatic N) is 1. The maximum atomic E-state index is 12.0. The molecular weight excluding hydrogens is 242 g/mol. The number of esters is 1. The number of phenols is 1. The molecule has 3 rings (SSSR count). The second-order valence-corrected chi connectivity index (χ2v) is 5.60. The Kier molecular flexibility index (Phi) is 3.19. The second-order valence-electron chi connectivity index (χ2n) is 5.60. The molecule has 2 bridgehead atoms. The summed E-state index contributed by atoms with van der Waals surface area (Å²) in [5.41, 5.74) is 0.422. The van der Waals surface area contributed by atoms with E-state index in [0.29, 0.717) is 17.6 Å². The Bertz CT molecular complexity index is 474. The topological polar surface area (TPSA) is 49.8 Å². The normalized spacial score (nSPS) is 30.3. The van der Waals surface area contributed by atoms with Gasteiger partial charge in [0.2, 0.25) is 0 Å². The van der Waals surface area contributed by atoms with Crippen LogP contribution in [-0.4, -0.2) is 41.2 Å². The lowest BCUT2D eigenvalue weighted by atomic mass is 10.0. The first-order valence-electron chi connectivity index (χ1n) is 6.85. The molecule has 4 nitrogen and oxygen atoms in total. The number of hydrogen-bond acceptors (Lipinski definition) is 4. The van der Waals surface area contributed by atoms with E-state index in [-0.39, 0.29) is 17.8 Å². The van der Waals surface area contributed by atoms with Gasteiger partial charge in [-0.1, -0.05) is 6.07 Å². The predicted octanol–water partition coefficient (Wildman–Crippen LogP) is 2.17. The Hall–Kier alpha value is -1.55. The van der Waals surface area contributed by atoms with E-state index in [1.165, 1.54) is 18.9 Å². The lowest BCUT2D eigenvalue weighted by molar-refractivity contribution is -0.000480. The Balaban J connectivity index is 1.65. The standard InChI is InChI=1S/C15H19NO3/c1-16-11-5-6-12(16)9-14(8-11)19-15(18)10-3-2-4-13(17)7-10/h2-4,7,11-12,14,17H,5-6,8-9H2,1H3/t11-,12+,14?. The van der Waals surface area contributed by atoms with E-state index in [1.54, 1.807) is 18.2 Å². The van der Waals surface area contributed by atoms with Gasteiger partial charge in [-0.15, -0.1) is 0 Å².